The second-order valence-electron chi connectivity index (χ2n) is 3.43. The van der Waals surface area contributed by atoms with Gasteiger partial charge in [0.05, 0.1) is 13.7 Å². The normalized spacial score (nSPS) is 10.1. The van der Waals surface area contributed by atoms with Gasteiger partial charge in [0.1, 0.15) is 11.3 Å². The molecule has 0 atom stereocenters. The number of methoxy groups -OCH3 is 1. The van der Waals surface area contributed by atoms with E-state index in [0.717, 1.165) is 5.56 Å². The molecule has 0 heterocycles. The van der Waals surface area contributed by atoms with Gasteiger partial charge in [-0.15, -0.1) is 0 Å². The molecule has 88 valence electrons. The zero-order chi connectivity index (χ0) is 12.3. The molecule has 0 aliphatic carbocycles. The van der Waals surface area contributed by atoms with Crippen LogP contribution in [0, 0.1) is 13.8 Å². The summed E-state index contributed by atoms with van der Waals surface area (Å²) in [5, 5.41) is 0.543. The number of halogens is 1. The van der Waals surface area contributed by atoms with E-state index in [1.54, 1.807) is 19.9 Å². The van der Waals surface area contributed by atoms with Gasteiger partial charge in [0.2, 0.25) is 0 Å². The van der Waals surface area contributed by atoms with Crippen molar-refractivity contribution in [2.45, 2.75) is 20.8 Å². The van der Waals surface area contributed by atoms with Crippen LogP contribution in [0.2, 0.25) is 5.02 Å². The van der Waals surface area contributed by atoms with Crippen molar-refractivity contribution in [2.75, 3.05) is 13.7 Å². The molecule has 4 heteroatoms. The van der Waals surface area contributed by atoms with Crippen LogP contribution >= 0.6 is 11.6 Å². The van der Waals surface area contributed by atoms with Gasteiger partial charge in [-0.3, -0.25) is 0 Å². The molecule has 0 unspecified atom stereocenters. The Labute approximate surface area is 100 Å². The monoisotopic (exact) mass is 242 g/mol. The zero-order valence-electron chi connectivity index (χ0n) is 9.89. The lowest BCUT2D eigenvalue weighted by Gasteiger charge is -2.14. The van der Waals surface area contributed by atoms with Gasteiger partial charge < -0.3 is 9.47 Å². The quantitative estimate of drug-likeness (QED) is 0.764. The summed E-state index contributed by atoms with van der Waals surface area (Å²) in [6.07, 6.45) is 0. The summed E-state index contributed by atoms with van der Waals surface area (Å²) in [7, 11) is 1.53. The fourth-order valence-corrected chi connectivity index (χ4v) is 1.82. The molecule has 0 aliphatic rings. The molecule has 16 heavy (non-hydrogen) atoms. The summed E-state index contributed by atoms with van der Waals surface area (Å²) in [6.45, 7) is 5.70. The number of rotatable bonds is 3. The van der Waals surface area contributed by atoms with E-state index < -0.39 is 5.97 Å². The van der Waals surface area contributed by atoms with E-state index in [0.29, 0.717) is 28.5 Å². The molecule has 0 radical (unpaired) electrons. The molecule has 3 nitrogen and oxygen atoms in total. The fourth-order valence-electron chi connectivity index (χ4n) is 1.56. The highest BCUT2D eigenvalue weighted by Crippen LogP contribution is 2.32. The van der Waals surface area contributed by atoms with Gasteiger partial charge >= 0.3 is 5.97 Å². The summed E-state index contributed by atoms with van der Waals surface area (Å²) < 4.78 is 10.2. The van der Waals surface area contributed by atoms with E-state index in [4.69, 9.17) is 21.1 Å². The Morgan fingerprint density at radius 2 is 2.06 bits per heavy atom. The average Bonchev–Trinajstić information content (AvgIpc) is 2.23. The smallest absolute Gasteiger partial charge is 0.342 e. The summed E-state index contributed by atoms with van der Waals surface area (Å²) in [6, 6.07) is 1.78. The van der Waals surface area contributed by atoms with E-state index in [1.807, 2.05) is 6.92 Å². The third kappa shape index (κ3) is 2.30. The van der Waals surface area contributed by atoms with E-state index in [-0.39, 0.29) is 0 Å². The van der Waals surface area contributed by atoms with Crippen LogP contribution in [-0.4, -0.2) is 19.7 Å². The SMILES string of the molecule is CCOC(=O)c1c(C)c(Cl)cc(C)c1OC. The van der Waals surface area contributed by atoms with Crippen molar-refractivity contribution >= 4 is 17.6 Å². The lowest BCUT2D eigenvalue weighted by atomic mass is 10.0. The summed E-state index contributed by atoms with van der Waals surface area (Å²) >= 11 is 6.03. The second kappa shape index (κ2) is 5.21. The Balaban J connectivity index is 3.38. The maximum atomic E-state index is 11.8. The van der Waals surface area contributed by atoms with Crippen LogP contribution in [0.1, 0.15) is 28.4 Å². The first-order valence-electron chi connectivity index (χ1n) is 5.03. The van der Waals surface area contributed by atoms with Gasteiger partial charge in [-0.05, 0) is 38.0 Å². The number of esters is 1. The van der Waals surface area contributed by atoms with Crippen molar-refractivity contribution in [3.63, 3.8) is 0 Å². The summed E-state index contributed by atoms with van der Waals surface area (Å²) in [5.41, 5.74) is 1.91. The summed E-state index contributed by atoms with van der Waals surface area (Å²) in [5.74, 6) is 0.128. The molecule has 1 aromatic rings. The van der Waals surface area contributed by atoms with Crippen LogP contribution < -0.4 is 4.74 Å². The largest absolute Gasteiger partial charge is 0.496 e. The third-order valence-electron chi connectivity index (χ3n) is 2.35. The van der Waals surface area contributed by atoms with E-state index in [1.165, 1.54) is 7.11 Å². The number of carbonyl (C=O) groups excluding carboxylic acids is 1. The Morgan fingerprint density at radius 1 is 1.44 bits per heavy atom. The maximum Gasteiger partial charge on any atom is 0.342 e. The molecule has 1 aromatic carbocycles. The molecule has 0 saturated heterocycles. The number of benzene rings is 1. The Bertz CT molecular complexity index is 413. The molecule has 0 aromatic heterocycles. The van der Waals surface area contributed by atoms with Crippen LogP contribution in [0.25, 0.3) is 0 Å². The predicted molar refractivity (Wildman–Crippen MR) is 63.4 cm³/mol. The Morgan fingerprint density at radius 3 is 2.56 bits per heavy atom. The lowest BCUT2D eigenvalue weighted by Crippen LogP contribution is -2.10. The molecular formula is C12H15ClO3. The lowest BCUT2D eigenvalue weighted by molar-refractivity contribution is 0.0521. The van der Waals surface area contributed by atoms with Gasteiger partial charge in [0.15, 0.2) is 0 Å². The van der Waals surface area contributed by atoms with Crippen LogP contribution in [0.15, 0.2) is 6.07 Å². The van der Waals surface area contributed by atoms with E-state index in [2.05, 4.69) is 0 Å². The van der Waals surface area contributed by atoms with Crippen molar-refractivity contribution in [1.29, 1.82) is 0 Å². The standard InChI is InChI=1S/C12H15ClO3/c1-5-16-12(14)10-8(3)9(13)6-7(2)11(10)15-4/h6H,5H2,1-4H3. The van der Waals surface area contributed by atoms with Crippen molar-refractivity contribution in [1.82, 2.24) is 0 Å². The molecule has 0 bridgehead atoms. The molecule has 0 amide bonds. The van der Waals surface area contributed by atoms with E-state index in [9.17, 15) is 4.79 Å². The molecule has 0 N–H and O–H groups in total. The highest BCUT2D eigenvalue weighted by Gasteiger charge is 2.20. The highest BCUT2D eigenvalue weighted by molar-refractivity contribution is 6.32. The first-order chi connectivity index (χ1) is 7.52. The van der Waals surface area contributed by atoms with Crippen LogP contribution in [0.3, 0.4) is 0 Å². The number of hydrogen-bond donors (Lipinski definition) is 0. The Kier molecular flexibility index (Phi) is 4.19. The third-order valence-corrected chi connectivity index (χ3v) is 2.74. The van der Waals surface area contributed by atoms with Gasteiger partial charge in [-0.25, -0.2) is 4.79 Å². The number of ether oxygens (including phenoxy) is 2. The van der Waals surface area contributed by atoms with Gasteiger partial charge in [-0.1, -0.05) is 11.6 Å². The molecule has 1 rings (SSSR count). The Hall–Kier alpha value is -1.22. The van der Waals surface area contributed by atoms with Crippen molar-refractivity contribution in [3.8, 4) is 5.75 Å². The zero-order valence-corrected chi connectivity index (χ0v) is 10.6. The highest BCUT2D eigenvalue weighted by atomic mass is 35.5. The molecular weight excluding hydrogens is 228 g/mol. The minimum atomic E-state index is -0.401. The van der Waals surface area contributed by atoms with Crippen LogP contribution in [0.4, 0.5) is 0 Å². The predicted octanol–water partition coefficient (Wildman–Crippen LogP) is 3.14. The minimum absolute atomic E-state index is 0.326. The van der Waals surface area contributed by atoms with Crippen molar-refractivity contribution < 1.29 is 14.3 Å². The molecule has 0 aliphatic heterocycles. The molecule has 0 fully saturated rings. The summed E-state index contributed by atoms with van der Waals surface area (Å²) in [4.78, 5) is 11.8. The second-order valence-corrected chi connectivity index (χ2v) is 3.84. The van der Waals surface area contributed by atoms with Crippen LogP contribution in [0.5, 0.6) is 5.75 Å². The van der Waals surface area contributed by atoms with Gasteiger partial charge in [-0.2, -0.15) is 0 Å². The van der Waals surface area contributed by atoms with Crippen molar-refractivity contribution in [3.05, 3.63) is 27.8 Å². The minimum Gasteiger partial charge on any atom is -0.496 e. The number of carbonyl (C=O) groups is 1. The maximum absolute atomic E-state index is 11.8. The first-order valence-corrected chi connectivity index (χ1v) is 5.41. The topological polar surface area (TPSA) is 35.5 Å². The van der Waals surface area contributed by atoms with Gasteiger partial charge in [0, 0.05) is 5.02 Å². The van der Waals surface area contributed by atoms with Gasteiger partial charge in [0.25, 0.3) is 0 Å². The van der Waals surface area contributed by atoms with Crippen molar-refractivity contribution in [2.24, 2.45) is 0 Å². The first kappa shape index (κ1) is 12.8. The molecule has 0 saturated carbocycles. The fraction of sp³-hybridized carbons (Fsp3) is 0.417. The number of hydrogen-bond acceptors (Lipinski definition) is 3. The average molecular weight is 243 g/mol. The molecule has 0 spiro atoms. The number of aryl methyl sites for hydroxylation is 1. The van der Waals surface area contributed by atoms with E-state index >= 15 is 0 Å². The van der Waals surface area contributed by atoms with Crippen LogP contribution in [-0.2, 0) is 4.74 Å².